The SMILES string of the molecule is CCCC/C=C\CCC(CC/C=C\CCCC)OC(=O)CCCCCCCN(CCCCCC(=O)OCCCCCCCCCCC)CCOC. The molecule has 6 nitrogen and oxygen atoms in total. The zero-order chi connectivity index (χ0) is 37.3. The van der Waals surface area contributed by atoms with Crippen molar-refractivity contribution < 1.29 is 23.8 Å². The number of methoxy groups -OCH3 is 1. The van der Waals surface area contributed by atoms with Gasteiger partial charge in [-0.25, -0.2) is 0 Å². The summed E-state index contributed by atoms with van der Waals surface area (Å²) in [7, 11) is 1.77. The number of esters is 2. The maximum atomic E-state index is 12.7. The van der Waals surface area contributed by atoms with Crippen molar-refractivity contribution in [1.29, 1.82) is 0 Å². The molecular weight excluding hydrogens is 634 g/mol. The number of allylic oxidation sites excluding steroid dienone is 4. The molecule has 300 valence electrons. The van der Waals surface area contributed by atoms with Crippen molar-refractivity contribution in [3.05, 3.63) is 24.3 Å². The average molecular weight is 720 g/mol. The molecule has 0 bridgehead atoms. The predicted octanol–water partition coefficient (Wildman–Crippen LogP) is 12.9. The highest BCUT2D eigenvalue weighted by Gasteiger charge is 2.13. The molecule has 0 radical (unpaired) electrons. The fourth-order valence-corrected chi connectivity index (χ4v) is 6.33. The third kappa shape index (κ3) is 37.9. The Hall–Kier alpha value is -1.66. The molecule has 0 aromatic heterocycles. The number of carbonyl (C=O) groups excluding carboxylic acids is 2. The van der Waals surface area contributed by atoms with Gasteiger partial charge in [-0.05, 0) is 83.7 Å². The molecule has 51 heavy (non-hydrogen) atoms. The average Bonchev–Trinajstić information content (AvgIpc) is 3.13. The Balaban J connectivity index is 4.09. The Morgan fingerprint density at radius 2 is 0.941 bits per heavy atom. The van der Waals surface area contributed by atoms with E-state index in [2.05, 4.69) is 50.0 Å². The van der Waals surface area contributed by atoms with Gasteiger partial charge in [0.25, 0.3) is 0 Å². The molecule has 0 atom stereocenters. The van der Waals surface area contributed by atoms with E-state index < -0.39 is 0 Å². The van der Waals surface area contributed by atoms with E-state index in [-0.39, 0.29) is 18.0 Å². The van der Waals surface area contributed by atoms with Gasteiger partial charge in [-0.2, -0.15) is 0 Å². The quantitative estimate of drug-likeness (QED) is 0.0357. The fraction of sp³-hybridized carbons (Fsp3) is 0.867. The number of hydrogen-bond acceptors (Lipinski definition) is 6. The summed E-state index contributed by atoms with van der Waals surface area (Å²) in [6.07, 6.45) is 41.2. The van der Waals surface area contributed by atoms with E-state index in [0.717, 1.165) is 110 Å². The van der Waals surface area contributed by atoms with Crippen LogP contribution in [-0.2, 0) is 23.8 Å². The molecule has 0 N–H and O–H groups in total. The van der Waals surface area contributed by atoms with Crippen molar-refractivity contribution in [2.24, 2.45) is 0 Å². The maximum Gasteiger partial charge on any atom is 0.306 e. The molecule has 6 heteroatoms. The molecule has 0 aliphatic rings. The van der Waals surface area contributed by atoms with Crippen LogP contribution in [0.4, 0.5) is 0 Å². The molecule has 0 saturated carbocycles. The van der Waals surface area contributed by atoms with Crippen LogP contribution in [-0.4, -0.2) is 62.9 Å². The smallest absolute Gasteiger partial charge is 0.306 e. The van der Waals surface area contributed by atoms with E-state index in [1.165, 1.54) is 89.9 Å². The first-order valence-electron chi connectivity index (χ1n) is 21.9. The van der Waals surface area contributed by atoms with E-state index in [1.807, 2.05) is 0 Å². The van der Waals surface area contributed by atoms with Crippen LogP contribution in [0.3, 0.4) is 0 Å². The first-order valence-corrected chi connectivity index (χ1v) is 21.9. The van der Waals surface area contributed by atoms with Crippen LogP contribution < -0.4 is 0 Å². The third-order valence-electron chi connectivity index (χ3n) is 9.72. The molecule has 0 aromatic carbocycles. The molecular formula is C45H85NO5. The molecule has 0 unspecified atom stereocenters. The van der Waals surface area contributed by atoms with Gasteiger partial charge >= 0.3 is 11.9 Å². The van der Waals surface area contributed by atoms with Gasteiger partial charge in [-0.1, -0.05) is 148 Å². The molecule has 0 aliphatic carbocycles. The van der Waals surface area contributed by atoms with Crippen LogP contribution in [0.15, 0.2) is 24.3 Å². The number of carbonyl (C=O) groups is 2. The first kappa shape index (κ1) is 49.3. The Bertz CT molecular complexity index is 775. The van der Waals surface area contributed by atoms with Crippen LogP contribution in [0.1, 0.15) is 207 Å². The molecule has 0 saturated heterocycles. The lowest BCUT2D eigenvalue weighted by Gasteiger charge is -2.22. The van der Waals surface area contributed by atoms with E-state index in [1.54, 1.807) is 7.11 Å². The Labute approximate surface area is 317 Å². The van der Waals surface area contributed by atoms with E-state index in [4.69, 9.17) is 14.2 Å². The van der Waals surface area contributed by atoms with Gasteiger partial charge in [-0.15, -0.1) is 0 Å². The van der Waals surface area contributed by atoms with Crippen LogP contribution in [0.2, 0.25) is 0 Å². The maximum absolute atomic E-state index is 12.7. The second kappa shape index (κ2) is 41.1. The zero-order valence-electron chi connectivity index (χ0n) is 34.4. The van der Waals surface area contributed by atoms with Gasteiger partial charge in [0.1, 0.15) is 6.10 Å². The van der Waals surface area contributed by atoms with Gasteiger partial charge in [0, 0.05) is 26.5 Å². The lowest BCUT2D eigenvalue weighted by atomic mass is 10.1. The summed E-state index contributed by atoms with van der Waals surface area (Å²) in [4.78, 5) is 27.3. The van der Waals surface area contributed by atoms with Gasteiger partial charge in [-0.3, -0.25) is 9.59 Å². The number of hydrogen-bond donors (Lipinski definition) is 0. The summed E-state index contributed by atoms with van der Waals surface area (Å²) < 4.78 is 16.8. The zero-order valence-corrected chi connectivity index (χ0v) is 34.4. The van der Waals surface area contributed by atoms with E-state index in [0.29, 0.717) is 19.4 Å². The highest BCUT2D eigenvalue weighted by atomic mass is 16.5. The van der Waals surface area contributed by atoms with Crippen LogP contribution in [0, 0.1) is 0 Å². The largest absolute Gasteiger partial charge is 0.466 e. The van der Waals surface area contributed by atoms with Gasteiger partial charge in [0.05, 0.1) is 13.2 Å². The summed E-state index contributed by atoms with van der Waals surface area (Å²) in [6, 6.07) is 0. The highest BCUT2D eigenvalue weighted by molar-refractivity contribution is 5.69. The second-order valence-electron chi connectivity index (χ2n) is 14.7. The summed E-state index contributed by atoms with van der Waals surface area (Å²) >= 11 is 0. The van der Waals surface area contributed by atoms with Gasteiger partial charge in [0.2, 0.25) is 0 Å². The number of nitrogens with zero attached hydrogens (tertiary/aromatic N) is 1. The van der Waals surface area contributed by atoms with E-state index >= 15 is 0 Å². The normalized spacial score (nSPS) is 11.9. The minimum Gasteiger partial charge on any atom is -0.466 e. The summed E-state index contributed by atoms with van der Waals surface area (Å²) in [5.41, 5.74) is 0. The molecule has 0 aromatic rings. The molecule has 0 heterocycles. The first-order chi connectivity index (χ1) is 25.1. The van der Waals surface area contributed by atoms with E-state index in [9.17, 15) is 9.59 Å². The van der Waals surface area contributed by atoms with Crippen molar-refractivity contribution in [2.45, 2.75) is 213 Å². The van der Waals surface area contributed by atoms with Gasteiger partial charge in [0.15, 0.2) is 0 Å². The summed E-state index contributed by atoms with van der Waals surface area (Å²) in [5, 5.41) is 0. The highest BCUT2D eigenvalue weighted by Crippen LogP contribution is 2.15. The number of rotatable bonds is 40. The third-order valence-corrected chi connectivity index (χ3v) is 9.72. The minimum absolute atomic E-state index is 0.0189. The van der Waals surface area contributed by atoms with Crippen molar-refractivity contribution in [3.8, 4) is 0 Å². The topological polar surface area (TPSA) is 65.1 Å². The monoisotopic (exact) mass is 720 g/mol. The molecule has 0 rings (SSSR count). The van der Waals surface area contributed by atoms with Crippen LogP contribution >= 0.6 is 0 Å². The van der Waals surface area contributed by atoms with Crippen molar-refractivity contribution in [1.82, 2.24) is 4.90 Å². The van der Waals surface area contributed by atoms with Crippen LogP contribution in [0.5, 0.6) is 0 Å². The predicted molar refractivity (Wildman–Crippen MR) is 218 cm³/mol. The molecule has 0 aliphatic heterocycles. The lowest BCUT2D eigenvalue weighted by molar-refractivity contribution is -0.150. The Morgan fingerprint density at radius 3 is 1.49 bits per heavy atom. The minimum atomic E-state index is -0.0323. The standard InChI is InChI=1S/C45H85NO5/c1-5-8-11-14-17-18-19-25-33-41-50-44(47)36-30-26-32-39-46(40-42-49-4)38-31-24-20-23-29-37-45(48)51-43(34-27-21-15-12-9-6-2)35-28-22-16-13-10-7-3/h15-16,21-22,43H,5-14,17-20,23-42H2,1-4H3/b21-15-,22-16-. The Morgan fingerprint density at radius 1 is 0.490 bits per heavy atom. The molecule has 0 spiro atoms. The molecule has 0 amide bonds. The molecule has 0 fully saturated rings. The Kier molecular flexibility index (Phi) is 39.8. The second-order valence-corrected chi connectivity index (χ2v) is 14.7. The van der Waals surface area contributed by atoms with Crippen molar-refractivity contribution in [3.63, 3.8) is 0 Å². The number of ether oxygens (including phenoxy) is 3. The van der Waals surface area contributed by atoms with Crippen molar-refractivity contribution in [2.75, 3.05) is 40.0 Å². The van der Waals surface area contributed by atoms with Crippen LogP contribution in [0.25, 0.3) is 0 Å². The van der Waals surface area contributed by atoms with Gasteiger partial charge < -0.3 is 19.1 Å². The number of unbranched alkanes of at least 4 members (excludes halogenated alkanes) is 18. The fourth-order valence-electron chi connectivity index (χ4n) is 6.33. The lowest BCUT2D eigenvalue weighted by Crippen LogP contribution is -2.29. The summed E-state index contributed by atoms with van der Waals surface area (Å²) in [5.74, 6) is -0.0576. The summed E-state index contributed by atoms with van der Waals surface area (Å²) in [6.45, 7) is 11.1. The van der Waals surface area contributed by atoms with Crippen molar-refractivity contribution >= 4 is 11.9 Å².